The van der Waals surface area contributed by atoms with Crippen molar-refractivity contribution in [3.8, 4) is 27.8 Å². The molecule has 1 heterocycles. The van der Waals surface area contributed by atoms with Gasteiger partial charge in [-0.25, -0.2) is 4.98 Å². The molecule has 0 fully saturated rings. The molecule has 1 atom stereocenters. The van der Waals surface area contributed by atoms with Crippen LogP contribution in [0.15, 0.2) is 47.8 Å². The number of aromatic nitrogens is 1. The van der Waals surface area contributed by atoms with Crippen LogP contribution in [0.5, 0.6) is 17.2 Å². The molecule has 142 valence electrons. The number of nitrogens with zero attached hydrogens (tertiary/aromatic N) is 1. The number of thiazole rings is 1. The molecule has 0 saturated carbocycles. The van der Waals surface area contributed by atoms with Gasteiger partial charge in [-0.1, -0.05) is 6.07 Å². The molecule has 0 bridgehead atoms. The second-order valence-corrected chi connectivity index (χ2v) is 7.20. The van der Waals surface area contributed by atoms with E-state index in [1.54, 1.807) is 32.7 Å². The predicted molar refractivity (Wildman–Crippen MR) is 108 cm³/mol. The maximum Gasteiger partial charge on any atom is 0.170 e. The summed E-state index contributed by atoms with van der Waals surface area (Å²) in [5, 5.41) is 3.06. The van der Waals surface area contributed by atoms with Gasteiger partial charge < -0.3 is 19.1 Å². The lowest BCUT2D eigenvalue weighted by atomic mass is 10.2. The summed E-state index contributed by atoms with van der Waals surface area (Å²) in [7, 11) is 7.16. The van der Waals surface area contributed by atoms with Gasteiger partial charge in [0.25, 0.3) is 0 Å². The van der Waals surface area contributed by atoms with Gasteiger partial charge in [-0.2, -0.15) is 0 Å². The molecular formula is C21H25N2O3S+. The second-order valence-electron chi connectivity index (χ2n) is 6.34. The van der Waals surface area contributed by atoms with Crippen molar-refractivity contribution in [1.29, 1.82) is 0 Å². The van der Waals surface area contributed by atoms with Crippen LogP contribution in [0.25, 0.3) is 10.6 Å². The molecule has 1 unspecified atom stereocenters. The van der Waals surface area contributed by atoms with E-state index < -0.39 is 0 Å². The third kappa shape index (κ3) is 4.59. The Labute approximate surface area is 164 Å². The van der Waals surface area contributed by atoms with Crippen molar-refractivity contribution in [3.05, 3.63) is 59.1 Å². The highest BCUT2D eigenvalue weighted by atomic mass is 32.1. The minimum atomic E-state index is 0.717. The van der Waals surface area contributed by atoms with Crippen LogP contribution in [0.4, 0.5) is 0 Å². The van der Waals surface area contributed by atoms with Gasteiger partial charge in [-0.3, -0.25) is 0 Å². The third-order valence-corrected chi connectivity index (χ3v) is 5.26. The molecule has 3 rings (SSSR count). The topological polar surface area (TPSA) is 45.0 Å². The Hall–Kier alpha value is -2.57. The standard InChI is InChI=1S/C21H24N2O3S/c1-23(12-15-8-10-17(24-2)11-9-15)13-16-14-27-21(22-16)18-6-5-7-19(25-3)20(18)26-4/h5-11,14H,12-13H2,1-4H3/p+1. The lowest BCUT2D eigenvalue weighted by molar-refractivity contribution is -0.908. The van der Waals surface area contributed by atoms with Crippen molar-refractivity contribution in [3.63, 3.8) is 0 Å². The number of rotatable bonds is 8. The van der Waals surface area contributed by atoms with Crippen molar-refractivity contribution < 1.29 is 19.1 Å². The van der Waals surface area contributed by atoms with Crippen LogP contribution in [0.2, 0.25) is 0 Å². The zero-order chi connectivity index (χ0) is 19.2. The summed E-state index contributed by atoms with van der Waals surface area (Å²) < 4.78 is 16.1. The average molecular weight is 386 g/mol. The summed E-state index contributed by atoms with van der Waals surface area (Å²) in [5.74, 6) is 2.32. The maximum absolute atomic E-state index is 5.54. The molecular weight excluding hydrogens is 360 g/mol. The number of hydrogen-bond acceptors (Lipinski definition) is 5. The number of methoxy groups -OCH3 is 3. The van der Waals surface area contributed by atoms with Crippen LogP contribution in [0.3, 0.4) is 0 Å². The van der Waals surface area contributed by atoms with Crippen LogP contribution < -0.4 is 19.1 Å². The SMILES string of the molecule is COc1ccc(C[NH+](C)Cc2csc(-c3cccc(OC)c3OC)n2)cc1. The van der Waals surface area contributed by atoms with E-state index in [2.05, 4.69) is 24.6 Å². The number of ether oxygens (including phenoxy) is 3. The van der Waals surface area contributed by atoms with Crippen molar-refractivity contribution >= 4 is 11.3 Å². The quantitative estimate of drug-likeness (QED) is 0.647. The minimum Gasteiger partial charge on any atom is -0.497 e. The van der Waals surface area contributed by atoms with Crippen LogP contribution >= 0.6 is 11.3 Å². The Morgan fingerprint density at radius 3 is 2.37 bits per heavy atom. The maximum atomic E-state index is 5.54. The van der Waals surface area contributed by atoms with E-state index in [-0.39, 0.29) is 0 Å². The molecule has 0 aliphatic heterocycles. The van der Waals surface area contributed by atoms with E-state index in [0.29, 0.717) is 5.75 Å². The molecule has 6 heteroatoms. The Kier molecular flexibility index (Phi) is 6.32. The zero-order valence-electron chi connectivity index (χ0n) is 16.1. The Morgan fingerprint density at radius 2 is 1.70 bits per heavy atom. The van der Waals surface area contributed by atoms with Gasteiger partial charge in [-0.15, -0.1) is 11.3 Å². The third-order valence-electron chi connectivity index (χ3n) is 4.33. The molecule has 1 N–H and O–H groups in total. The van der Waals surface area contributed by atoms with Crippen LogP contribution in [0.1, 0.15) is 11.3 Å². The van der Waals surface area contributed by atoms with E-state index in [1.807, 2.05) is 30.3 Å². The second kappa shape index (κ2) is 8.88. The fourth-order valence-corrected chi connectivity index (χ4v) is 3.87. The van der Waals surface area contributed by atoms with Gasteiger partial charge in [-0.05, 0) is 36.4 Å². The smallest absolute Gasteiger partial charge is 0.170 e. The van der Waals surface area contributed by atoms with Crippen molar-refractivity contribution in [1.82, 2.24) is 4.98 Å². The number of quaternary nitrogens is 1. The van der Waals surface area contributed by atoms with Crippen molar-refractivity contribution in [2.45, 2.75) is 13.1 Å². The van der Waals surface area contributed by atoms with E-state index in [1.165, 1.54) is 10.5 Å². The number of hydrogen-bond donors (Lipinski definition) is 1. The molecule has 2 aromatic carbocycles. The highest BCUT2D eigenvalue weighted by Crippen LogP contribution is 2.38. The van der Waals surface area contributed by atoms with E-state index in [4.69, 9.17) is 19.2 Å². The number of para-hydroxylation sites is 1. The fraction of sp³-hybridized carbons (Fsp3) is 0.286. The Bertz CT molecular complexity index is 877. The summed E-state index contributed by atoms with van der Waals surface area (Å²) in [4.78, 5) is 6.19. The molecule has 0 saturated heterocycles. The molecule has 0 spiro atoms. The average Bonchev–Trinajstić information content (AvgIpc) is 3.15. The first-order chi connectivity index (χ1) is 13.1. The van der Waals surface area contributed by atoms with Crippen LogP contribution in [-0.2, 0) is 13.1 Å². The van der Waals surface area contributed by atoms with E-state index in [9.17, 15) is 0 Å². The molecule has 27 heavy (non-hydrogen) atoms. The lowest BCUT2D eigenvalue weighted by Gasteiger charge is -2.13. The fourth-order valence-electron chi connectivity index (χ4n) is 3.03. The molecule has 5 nitrogen and oxygen atoms in total. The summed E-state index contributed by atoms with van der Waals surface area (Å²) in [6, 6.07) is 14.1. The summed E-state index contributed by atoms with van der Waals surface area (Å²) in [5.41, 5.74) is 3.31. The summed E-state index contributed by atoms with van der Waals surface area (Å²) >= 11 is 1.63. The van der Waals surface area contributed by atoms with Crippen molar-refractivity contribution in [2.24, 2.45) is 0 Å². The summed E-state index contributed by atoms with van der Waals surface area (Å²) in [6.45, 7) is 1.79. The first kappa shape index (κ1) is 19.2. The monoisotopic (exact) mass is 385 g/mol. The summed E-state index contributed by atoms with van der Waals surface area (Å²) in [6.07, 6.45) is 0. The van der Waals surface area contributed by atoms with Crippen LogP contribution in [0, 0.1) is 0 Å². The Balaban J connectivity index is 1.70. The molecule has 0 aliphatic carbocycles. The predicted octanol–water partition coefficient (Wildman–Crippen LogP) is 3.05. The van der Waals surface area contributed by atoms with Crippen molar-refractivity contribution in [2.75, 3.05) is 28.4 Å². The zero-order valence-corrected chi connectivity index (χ0v) is 16.9. The number of benzene rings is 2. The first-order valence-electron chi connectivity index (χ1n) is 8.74. The lowest BCUT2D eigenvalue weighted by Crippen LogP contribution is -3.06. The van der Waals surface area contributed by atoms with Gasteiger partial charge in [0.05, 0.1) is 33.9 Å². The molecule has 1 aromatic heterocycles. The van der Waals surface area contributed by atoms with E-state index >= 15 is 0 Å². The van der Waals surface area contributed by atoms with E-state index in [0.717, 1.165) is 40.9 Å². The van der Waals surface area contributed by atoms with Crippen LogP contribution in [-0.4, -0.2) is 33.4 Å². The highest BCUT2D eigenvalue weighted by Gasteiger charge is 2.16. The van der Waals surface area contributed by atoms with Gasteiger partial charge >= 0.3 is 0 Å². The molecule has 0 radical (unpaired) electrons. The van der Waals surface area contributed by atoms with Gasteiger partial charge in [0.15, 0.2) is 11.5 Å². The Morgan fingerprint density at radius 1 is 0.926 bits per heavy atom. The van der Waals surface area contributed by atoms with Gasteiger partial charge in [0.1, 0.15) is 29.5 Å². The van der Waals surface area contributed by atoms with Gasteiger partial charge in [0, 0.05) is 10.9 Å². The molecule has 3 aromatic rings. The molecule has 0 amide bonds. The minimum absolute atomic E-state index is 0.717. The molecule has 0 aliphatic rings. The highest BCUT2D eigenvalue weighted by molar-refractivity contribution is 7.13. The largest absolute Gasteiger partial charge is 0.497 e. The first-order valence-corrected chi connectivity index (χ1v) is 9.62. The normalized spacial score (nSPS) is 11.9. The van der Waals surface area contributed by atoms with Gasteiger partial charge in [0.2, 0.25) is 0 Å². The number of nitrogens with one attached hydrogen (secondary N) is 1.